The highest BCUT2D eigenvalue weighted by atomic mass is 16.5. The molecule has 3 rings (SSSR count). The number of piperidine rings is 1. The van der Waals surface area contributed by atoms with E-state index in [2.05, 4.69) is 26.9 Å². The Kier molecular flexibility index (Phi) is 4.05. The van der Waals surface area contributed by atoms with Crippen LogP contribution in [0.25, 0.3) is 11.0 Å². The molecule has 1 aliphatic heterocycles. The molecule has 0 unspecified atom stereocenters. The molecule has 21 heavy (non-hydrogen) atoms. The molecule has 6 nitrogen and oxygen atoms in total. The number of anilines is 1. The van der Waals surface area contributed by atoms with Gasteiger partial charge in [-0.05, 0) is 26.2 Å². The highest BCUT2D eigenvalue weighted by Gasteiger charge is 2.24. The van der Waals surface area contributed by atoms with Crippen molar-refractivity contribution in [2.45, 2.75) is 39.2 Å². The third-order valence-corrected chi connectivity index (χ3v) is 4.01. The van der Waals surface area contributed by atoms with Gasteiger partial charge in [-0.1, -0.05) is 6.92 Å². The first-order chi connectivity index (χ1) is 10.2. The maximum Gasteiger partial charge on any atom is 0.163 e. The van der Waals surface area contributed by atoms with Crippen molar-refractivity contribution in [1.29, 1.82) is 0 Å². The number of hydrogen-bond donors (Lipinski definition) is 0. The van der Waals surface area contributed by atoms with Gasteiger partial charge in [0.2, 0.25) is 0 Å². The van der Waals surface area contributed by atoms with E-state index in [1.54, 1.807) is 6.33 Å². The molecule has 0 aliphatic carbocycles. The van der Waals surface area contributed by atoms with E-state index in [9.17, 15) is 0 Å². The van der Waals surface area contributed by atoms with Gasteiger partial charge in [0.1, 0.15) is 12.1 Å². The van der Waals surface area contributed by atoms with Crippen LogP contribution < -0.4 is 4.90 Å². The first-order valence-corrected chi connectivity index (χ1v) is 7.71. The fourth-order valence-corrected chi connectivity index (χ4v) is 3.05. The summed E-state index contributed by atoms with van der Waals surface area (Å²) in [5.41, 5.74) is 1.88. The monoisotopic (exact) mass is 289 g/mol. The molecule has 0 spiro atoms. The highest BCUT2D eigenvalue weighted by molar-refractivity contribution is 5.89. The molecule has 1 atom stereocenters. The maximum atomic E-state index is 5.93. The average molecular weight is 289 g/mol. The summed E-state index contributed by atoms with van der Waals surface area (Å²) in [6, 6.07) is 0. The number of aryl methyl sites for hydroxylation is 2. The molecule has 0 amide bonds. The Labute approximate surface area is 125 Å². The van der Waals surface area contributed by atoms with Gasteiger partial charge in [-0.3, -0.25) is 4.68 Å². The molecule has 0 radical (unpaired) electrons. The lowest BCUT2D eigenvalue weighted by Crippen LogP contribution is -2.40. The first-order valence-electron chi connectivity index (χ1n) is 7.71. The van der Waals surface area contributed by atoms with Gasteiger partial charge in [-0.15, -0.1) is 0 Å². The zero-order chi connectivity index (χ0) is 14.8. The standard InChI is InChI=1S/C15H23N5O/c1-4-8-21-12-6-5-7-20(9-12)15-13-11(2)18-19(3)14(13)16-10-17-15/h10,12H,4-9H2,1-3H3/t12-/m0/s1. The van der Waals surface area contributed by atoms with Gasteiger partial charge in [0.05, 0.1) is 17.2 Å². The predicted octanol–water partition coefficient (Wildman–Crippen LogP) is 2.07. The predicted molar refractivity (Wildman–Crippen MR) is 82.5 cm³/mol. The average Bonchev–Trinajstić information content (AvgIpc) is 2.80. The Morgan fingerprint density at radius 3 is 3.05 bits per heavy atom. The van der Waals surface area contributed by atoms with Gasteiger partial charge in [0.15, 0.2) is 5.65 Å². The molecule has 1 fully saturated rings. The fourth-order valence-electron chi connectivity index (χ4n) is 3.05. The van der Waals surface area contributed by atoms with E-state index in [1.165, 1.54) is 0 Å². The van der Waals surface area contributed by atoms with Crippen LogP contribution in [0, 0.1) is 6.92 Å². The summed E-state index contributed by atoms with van der Waals surface area (Å²) in [5, 5.41) is 5.54. The normalized spacial score (nSPS) is 19.4. The summed E-state index contributed by atoms with van der Waals surface area (Å²) in [4.78, 5) is 11.2. The van der Waals surface area contributed by atoms with Gasteiger partial charge in [-0.25, -0.2) is 9.97 Å². The number of hydrogen-bond acceptors (Lipinski definition) is 5. The third kappa shape index (κ3) is 2.72. The number of nitrogens with zero attached hydrogens (tertiary/aromatic N) is 5. The van der Waals surface area contributed by atoms with Crippen molar-refractivity contribution in [2.24, 2.45) is 7.05 Å². The van der Waals surface area contributed by atoms with Crippen LogP contribution in [0.4, 0.5) is 5.82 Å². The Morgan fingerprint density at radius 1 is 1.38 bits per heavy atom. The topological polar surface area (TPSA) is 56.1 Å². The second kappa shape index (κ2) is 5.97. The van der Waals surface area contributed by atoms with Gasteiger partial charge in [0, 0.05) is 26.7 Å². The van der Waals surface area contributed by atoms with Crippen molar-refractivity contribution >= 4 is 16.9 Å². The lowest BCUT2D eigenvalue weighted by atomic mass is 10.1. The summed E-state index contributed by atoms with van der Waals surface area (Å²) in [7, 11) is 1.93. The molecule has 0 aromatic carbocycles. The third-order valence-electron chi connectivity index (χ3n) is 4.01. The summed E-state index contributed by atoms with van der Waals surface area (Å²) >= 11 is 0. The zero-order valence-electron chi connectivity index (χ0n) is 13.0. The minimum atomic E-state index is 0.306. The largest absolute Gasteiger partial charge is 0.376 e. The van der Waals surface area contributed by atoms with Gasteiger partial charge >= 0.3 is 0 Å². The SMILES string of the molecule is CCCO[C@H]1CCCN(c2ncnc3c2c(C)nn3C)C1. The summed E-state index contributed by atoms with van der Waals surface area (Å²) in [5.74, 6) is 0.996. The van der Waals surface area contributed by atoms with Crippen molar-refractivity contribution in [1.82, 2.24) is 19.7 Å². The Hall–Kier alpha value is -1.69. The minimum Gasteiger partial charge on any atom is -0.376 e. The molecule has 0 saturated carbocycles. The second-order valence-corrected chi connectivity index (χ2v) is 5.69. The molecular weight excluding hydrogens is 266 g/mol. The van der Waals surface area contributed by atoms with E-state index in [0.29, 0.717) is 6.10 Å². The summed E-state index contributed by atoms with van der Waals surface area (Å²) in [6.07, 6.45) is 5.28. The van der Waals surface area contributed by atoms with E-state index in [4.69, 9.17) is 4.74 Å². The van der Waals surface area contributed by atoms with Crippen molar-refractivity contribution in [3.63, 3.8) is 0 Å². The molecule has 3 heterocycles. The van der Waals surface area contributed by atoms with Crippen molar-refractivity contribution in [2.75, 3.05) is 24.6 Å². The molecule has 1 saturated heterocycles. The van der Waals surface area contributed by atoms with Crippen LogP contribution in [0.15, 0.2) is 6.33 Å². The van der Waals surface area contributed by atoms with Crippen LogP contribution >= 0.6 is 0 Å². The highest BCUT2D eigenvalue weighted by Crippen LogP contribution is 2.28. The van der Waals surface area contributed by atoms with Crippen molar-refractivity contribution in [3.8, 4) is 0 Å². The van der Waals surface area contributed by atoms with Crippen LogP contribution in [-0.2, 0) is 11.8 Å². The number of rotatable bonds is 4. The molecule has 0 N–H and O–H groups in total. The van der Waals surface area contributed by atoms with E-state index in [1.807, 2.05) is 18.7 Å². The molecule has 114 valence electrons. The van der Waals surface area contributed by atoms with Crippen LogP contribution in [-0.4, -0.2) is 45.5 Å². The van der Waals surface area contributed by atoms with E-state index >= 15 is 0 Å². The molecule has 2 aromatic heterocycles. The van der Waals surface area contributed by atoms with E-state index < -0.39 is 0 Å². The second-order valence-electron chi connectivity index (χ2n) is 5.69. The first kappa shape index (κ1) is 14.3. The quantitative estimate of drug-likeness (QED) is 0.862. The lowest BCUT2D eigenvalue weighted by molar-refractivity contribution is 0.0439. The smallest absolute Gasteiger partial charge is 0.163 e. The van der Waals surface area contributed by atoms with Crippen LogP contribution in [0.1, 0.15) is 31.9 Å². The van der Waals surface area contributed by atoms with E-state index in [-0.39, 0.29) is 0 Å². The van der Waals surface area contributed by atoms with E-state index in [0.717, 1.165) is 61.5 Å². The van der Waals surface area contributed by atoms with Crippen LogP contribution in [0.3, 0.4) is 0 Å². The summed E-state index contributed by atoms with van der Waals surface area (Å²) in [6.45, 7) is 6.92. The van der Waals surface area contributed by atoms with Gasteiger partial charge < -0.3 is 9.64 Å². The maximum absolute atomic E-state index is 5.93. The number of aromatic nitrogens is 4. The minimum absolute atomic E-state index is 0.306. The molecular formula is C15H23N5O. The fraction of sp³-hybridized carbons (Fsp3) is 0.667. The summed E-state index contributed by atoms with van der Waals surface area (Å²) < 4.78 is 7.75. The molecule has 2 aromatic rings. The zero-order valence-corrected chi connectivity index (χ0v) is 13.0. The lowest BCUT2D eigenvalue weighted by Gasteiger charge is -2.33. The Bertz CT molecular complexity index is 624. The van der Waals surface area contributed by atoms with Crippen LogP contribution in [0.2, 0.25) is 0 Å². The van der Waals surface area contributed by atoms with Crippen LogP contribution in [0.5, 0.6) is 0 Å². The van der Waals surface area contributed by atoms with Crippen molar-refractivity contribution in [3.05, 3.63) is 12.0 Å². The number of ether oxygens (including phenoxy) is 1. The Morgan fingerprint density at radius 2 is 2.24 bits per heavy atom. The molecule has 1 aliphatic rings. The van der Waals surface area contributed by atoms with Gasteiger partial charge in [-0.2, -0.15) is 5.10 Å². The molecule has 6 heteroatoms. The molecule has 0 bridgehead atoms. The van der Waals surface area contributed by atoms with Crippen molar-refractivity contribution < 1.29 is 4.74 Å². The Balaban J connectivity index is 1.89. The van der Waals surface area contributed by atoms with Gasteiger partial charge in [0.25, 0.3) is 0 Å². The number of fused-ring (bicyclic) bond motifs is 1.